The first kappa shape index (κ1) is 15.4. The maximum Gasteiger partial charge on any atom is 0.242 e. The molecular formula is C11H17ClN2O3S. The lowest BCUT2D eigenvalue weighted by molar-refractivity contribution is 0.0778. The molecular weight excluding hydrogens is 276 g/mol. The van der Waals surface area contributed by atoms with Crippen molar-refractivity contribution in [2.75, 3.05) is 13.2 Å². The van der Waals surface area contributed by atoms with Crippen molar-refractivity contribution < 1.29 is 13.2 Å². The zero-order chi connectivity index (χ0) is 13.6. The average Bonchev–Trinajstić information content (AvgIpc) is 2.28. The predicted octanol–water partition coefficient (Wildman–Crippen LogP) is 1.83. The van der Waals surface area contributed by atoms with Gasteiger partial charge in [-0.25, -0.2) is 18.1 Å². The molecule has 5 nitrogen and oxygen atoms in total. The van der Waals surface area contributed by atoms with E-state index in [9.17, 15) is 8.42 Å². The summed E-state index contributed by atoms with van der Waals surface area (Å²) in [6.07, 6.45) is 2.01. The highest BCUT2D eigenvalue weighted by atomic mass is 35.5. The lowest BCUT2D eigenvalue weighted by Gasteiger charge is -2.08. The maximum atomic E-state index is 11.8. The maximum absolute atomic E-state index is 11.8. The van der Waals surface area contributed by atoms with Gasteiger partial charge in [0.15, 0.2) is 0 Å². The van der Waals surface area contributed by atoms with Gasteiger partial charge in [0.25, 0.3) is 0 Å². The number of ether oxygens (including phenoxy) is 1. The largest absolute Gasteiger partial charge is 0.379 e. The molecule has 0 unspecified atom stereocenters. The van der Waals surface area contributed by atoms with Crippen molar-refractivity contribution >= 4 is 21.6 Å². The molecule has 1 N–H and O–H groups in total. The van der Waals surface area contributed by atoms with Crippen molar-refractivity contribution in [3.63, 3.8) is 0 Å². The van der Waals surface area contributed by atoms with Gasteiger partial charge in [-0.05, 0) is 32.4 Å². The molecule has 7 heteroatoms. The number of pyridine rings is 1. The van der Waals surface area contributed by atoms with Crippen molar-refractivity contribution in [1.29, 1.82) is 0 Å². The highest BCUT2D eigenvalue weighted by molar-refractivity contribution is 7.89. The van der Waals surface area contributed by atoms with Crippen LogP contribution >= 0.6 is 11.6 Å². The topological polar surface area (TPSA) is 68.3 Å². The Morgan fingerprint density at radius 1 is 1.44 bits per heavy atom. The Morgan fingerprint density at radius 3 is 2.72 bits per heavy atom. The van der Waals surface area contributed by atoms with Crippen molar-refractivity contribution in [3.8, 4) is 0 Å². The first-order valence-corrected chi connectivity index (χ1v) is 7.51. The Hall–Kier alpha value is -0.690. The number of halogens is 1. The van der Waals surface area contributed by atoms with Gasteiger partial charge in [0.2, 0.25) is 10.0 Å². The number of nitrogens with zero attached hydrogens (tertiary/aromatic N) is 1. The molecule has 0 bridgehead atoms. The molecule has 0 spiro atoms. The highest BCUT2D eigenvalue weighted by Crippen LogP contribution is 2.10. The minimum absolute atomic E-state index is 0.108. The Bertz CT molecular complexity index is 460. The molecule has 18 heavy (non-hydrogen) atoms. The van der Waals surface area contributed by atoms with Crippen LogP contribution in [0, 0.1) is 0 Å². The standard InChI is InChI=1S/C11H17ClN2O3S/c1-9(2)17-7-3-6-14-18(15,16)10-4-5-11(12)13-8-10/h4-5,8-9,14H,3,6-7H2,1-2H3. The summed E-state index contributed by atoms with van der Waals surface area (Å²) < 4.78 is 31.4. The molecule has 102 valence electrons. The smallest absolute Gasteiger partial charge is 0.242 e. The van der Waals surface area contributed by atoms with Crippen LogP contribution in [0.4, 0.5) is 0 Å². The highest BCUT2D eigenvalue weighted by Gasteiger charge is 2.13. The molecule has 0 amide bonds. The Labute approximate surface area is 113 Å². The van der Waals surface area contributed by atoms with Crippen LogP contribution in [0.3, 0.4) is 0 Å². The van der Waals surface area contributed by atoms with Crippen molar-refractivity contribution in [2.45, 2.75) is 31.3 Å². The molecule has 0 saturated carbocycles. The van der Waals surface area contributed by atoms with Crippen LogP contribution in [0.2, 0.25) is 5.15 Å². The Morgan fingerprint density at radius 2 is 2.17 bits per heavy atom. The van der Waals surface area contributed by atoms with Gasteiger partial charge in [-0.2, -0.15) is 0 Å². The monoisotopic (exact) mass is 292 g/mol. The number of hydrogen-bond acceptors (Lipinski definition) is 4. The van der Waals surface area contributed by atoms with Gasteiger partial charge in [0.05, 0.1) is 6.10 Å². The van der Waals surface area contributed by atoms with E-state index in [1.54, 1.807) is 0 Å². The second-order valence-corrected chi connectivity index (χ2v) is 6.14. The van der Waals surface area contributed by atoms with Crippen LogP contribution in [-0.4, -0.2) is 32.7 Å². The van der Waals surface area contributed by atoms with E-state index in [0.29, 0.717) is 19.6 Å². The number of nitrogens with one attached hydrogen (secondary N) is 1. The van der Waals surface area contributed by atoms with E-state index in [2.05, 4.69) is 9.71 Å². The quantitative estimate of drug-likeness (QED) is 0.615. The number of rotatable bonds is 7. The molecule has 0 aromatic carbocycles. The molecule has 1 aromatic rings. The van der Waals surface area contributed by atoms with E-state index in [0.717, 1.165) is 0 Å². The van der Waals surface area contributed by atoms with Gasteiger partial charge in [-0.1, -0.05) is 11.6 Å². The molecule has 0 aliphatic rings. The van der Waals surface area contributed by atoms with E-state index < -0.39 is 10.0 Å². The van der Waals surface area contributed by atoms with Gasteiger partial charge in [0.1, 0.15) is 10.0 Å². The van der Waals surface area contributed by atoms with Gasteiger partial charge in [0, 0.05) is 19.3 Å². The number of aromatic nitrogens is 1. The van der Waals surface area contributed by atoms with Crippen LogP contribution < -0.4 is 4.72 Å². The Balaban J connectivity index is 2.43. The second kappa shape index (κ2) is 7.04. The zero-order valence-electron chi connectivity index (χ0n) is 10.4. The molecule has 1 aromatic heterocycles. The van der Waals surface area contributed by atoms with Gasteiger partial charge >= 0.3 is 0 Å². The summed E-state index contributed by atoms with van der Waals surface area (Å²) in [7, 11) is -3.50. The van der Waals surface area contributed by atoms with E-state index in [-0.39, 0.29) is 16.2 Å². The van der Waals surface area contributed by atoms with Crippen molar-refractivity contribution in [2.24, 2.45) is 0 Å². The summed E-state index contributed by atoms with van der Waals surface area (Å²) in [6.45, 7) is 4.73. The third kappa shape index (κ3) is 5.30. The van der Waals surface area contributed by atoms with E-state index in [4.69, 9.17) is 16.3 Å². The van der Waals surface area contributed by atoms with Crippen LogP contribution in [-0.2, 0) is 14.8 Å². The van der Waals surface area contributed by atoms with E-state index in [1.165, 1.54) is 18.3 Å². The fraction of sp³-hybridized carbons (Fsp3) is 0.545. The number of hydrogen-bond donors (Lipinski definition) is 1. The van der Waals surface area contributed by atoms with Crippen LogP contribution in [0.15, 0.2) is 23.2 Å². The minimum Gasteiger partial charge on any atom is -0.379 e. The second-order valence-electron chi connectivity index (χ2n) is 3.99. The first-order chi connectivity index (χ1) is 8.42. The van der Waals surface area contributed by atoms with Crippen LogP contribution in [0.1, 0.15) is 20.3 Å². The summed E-state index contributed by atoms with van der Waals surface area (Å²) in [5.41, 5.74) is 0. The molecule has 0 radical (unpaired) electrons. The predicted molar refractivity (Wildman–Crippen MR) is 70.1 cm³/mol. The molecule has 0 fully saturated rings. The summed E-state index contributed by atoms with van der Waals surface area (Å²) in [5, 5.41) is 0.263. The Kier molecular flexibility index (Phi) is 6.01. The van der Waals surface area contributed by atoms with Gasteiger partial charge in [-0.3, -0.25) is 0 Å². The molecule has 1 heterocycles. The SMILES string of the molecule is CC(C)OCCCNS(=O)(=O)c1ccc(Cl)nc1. The summed E-state index contributed by atoms with van der Waals surface area (Å²) in [4.78, 5) is 3.84. The van der Waals surface area contributed by atoms with Crippen molar-refractivity contribution in [1.82, 2.24) is 9.71 Å². The normalized spacial score (nSPS) is 12.0. The molecule has 0 saturated heterocycles. The van der Waals surface area contributed by atoms with Gasteiger partial charge in [-0.15, -0.1) is 0 Å². The van der Waals surface area contributed by atoms with Crippen LogP contribution in [0.25, 0.3) is 0 Å². The molecule has 1 rings (SSSR count). The summed E-state index contributed by atoms with van der Waals surface area (Å²) >= 11 is 5.59. The van der Waals surface area contributed by atoms with Crippen LogP contribution in [0.5, 0.6) is 0 Å². The van der Waals surface area contributed by atoms with E-state index >= 15 is 0 Å². The fourth-order valence-electron chi connectivity index (χ4n) is 1.20. The summed E-state index contributed by atoms with van der Waals surface area (Å²) in [5.74, 6) is 0. The van der Waals surface area contributed by atoms with Crippen molar-refractivity contribution in [3.05, 3.63) is 23.5 Å². The number of sulfonamides is 1. The lowest BCUT2D eigenvalue weighted by atomic mass is 10.4. The molecule has 0 aliphatic heterocycles. The molecule has 0 atom stereocenters. The zero-order valence-corrected chi connectivity index (χ0v) is 12.0. The average molecular weight is 293 g/mol. The fourth-order valence-corrected chi connectivity index (χ4v) is 2.33. The third-order valence-electron chi connectivity index (χ3n) is 2.07. The van der Waals surface area contributed by atoms with E-state index in [1.807, 2.05) is 13.8 Å². The minimum atomic E-state index is -3.50. The third-order valence-corrected chi connectivity index (χ3v) is 3.74. The summed E-state index contributed by atoms with van der Waals surface area (Å²) in [6, 6.07) is 2.86. The lowest BCUT2D eigenvalue weighted by Crippen LogP contribution is -2.26. The first-order valence-electron chi connectivity index (χ1n) is 5.64. The molecule has 0 aliphatic carbocycles. The van der Waals surface area contributed by atoms with Gasteiger partial charge < -0.3 is 4.74 Å².